The highest BCUT2D eigenvalue weighted by Crippen LogP contribution is 2.29. The van der Waals surface area contributed by atoms with Gasteiger partial charge in [0.2, 0.25) is 0 Å². The Morgan fingerprint density at radius 3 is 2.17 bits per heavy atom. The number of phenolic OH excluding ortho intramolecular Hbond substituents is 1. The molecule has 0 unspecified atom stereocenters. The van der Waals surface area contributed by atoms with E-state index in [4.69, 9.17) is 11.6 Å². The fourth-order valence-corrected chi connectivity index (χ4v) is 2.38. The molecule has 0 bridgehead atoms. The van der Waals surface area contributed by atoms with Crippen molar-refractivity contribution in [2.45, 2.75) is 26.2 Å². The van der Waals surface area contributed by atoms with E-state index in [1.165, 1.54) is 18.2 Å². The zero-order chi connectivity index (χ0) is 17.9. The molecule has 0 aliphatic carbocycles. The number of para-hydroxylation sites is 1. The van der Waals surface area contributed by atoms with E-state index >= 15 is 0 Å². The predicted molar refractivity (Wildman–Crippen MR) is 95.5 cm³/mol. The van der Waals surface area contributed by atoms with Crippen LogP contribution >= 0.6 is 11.6 Å². The van der Waals surface area contributed by atoms with Gasteiger partial charge in [0.1, 0.15) is 5.75 Å². The molecule has 0 aliphatic rings. The van der Waals surface area contributed by atoms with Gasteiger partial charge >= 0.3 is 11.8 Å². The summed E-state index contributed by atoms with van der Waals surface area (Å²) in [7, 11) is 0. The summed E-state index contributed by atoms with van der Waals surface area (Å²) in [6.45, 7) is 6.05. The van der Waals surface area contributed by atoms with Crippen LogP contribution in [0.25, 0.3) is 0 Å². The fourth-order valence-electron chi connectivity index (χ4n) is 2.21. The maximum atomic E-state index is 12.2. The number of amides is 2. The van der Waals surface area contributed by atoms with Crippen molar-refractivity contribution >= 4 is 34.8 Å². The van der Waals surface area contributed by atoms with Crippen LogP contribution in [0.15, 0.2) is 42.5 Å². The van der Waals surface area contributed by atoms with Gasteiger partial charge in [0.05, 0.1) is 5.69 Å². The van der Waals surface area contributed by atoms with E-state index in [-0.39, 0.29) is 16.9 Å². The second kappa shape index (κ2) is 6.93. The Morgan fingerprint density at radius 2 is 1.54 bits per heavy atom. The summed E-state index contributed by atoms with van der Waals surface area (Å²) in [5, 5.41) is 15.0. The molecule has 5 nitrogen and oxygen atoms in total. The van der Waals surface area contributed by atoms with Gasteiger partial charge in [-0.1, -0.05) is 50.6 Å². The highest BCUT2D eigenvalue weighted by atomic mass is 35.5. The minimum atomic E-state index is -0.892. The van der Waals surface area contributed by atoms with E-state index in [2.05, 4.69) is 10.6 Å². The largest absolute Gasteiger partial charge is 0.506 e. The monoisotopic (exact) mass is 346 g/mol. The molecular formula is C18H19ClN2O3. The normalized spacial score (nSPS) is 11.0. The van der Waals surface area contributed by atoms with Gasteiger partial charge in [0.15, 0.2) is 0 Å². The van der Waals surface area contributed by atoms with E-state index in [1.807, 2.05) is 32.9 Å². The number of hydrogen-bond donors (Lipinski definition) is 3. The topological polar surface area (TPSA) is 78.4 Å². The second-order valence-electron chi connectivity index (χ2n) is 6.37. The van der Waals surface area contributed by atoms with Crippen LogP contribution in [0.2, 0.25) is 5.02 Å². The third-order valence-corrected chi connectivity index (χ3v) is 3.63. The molecule has 3 N–H and O–H groups in total. The Kier molecular flexibility index (Phi) is 5.14. The molecule has 0 aliphatic heterocycles. The molecular weight excluding hydrogens is 328 g/mol. The summed E-state index contributed by atoms with van der Waals surface area (Å²) < 4.78 is 0. The summed E-state index contributed by atoms with van der Waals surface area (Å²) in [5.41, 5.74) is 1.37. The predicted octanol–water partition coefficient (Wildman–Crippen LogP) is 3.92. The molecule has 24 heavy (non-hydrogen) atoms. The molecule has 0 saturated carbocycles. The molecule has 0 aromatic heterocycles. The maximum absolute atomic E-state index is 12.2. The van der Waals surface area contributed by atoms with Crippen LogP contribution in [-0.2, 0) is 15.0 Å². The number of carbonyl (C=O) groups is 2. The molecule has 0 heterocycles. The van der Waals surface area contributed by atoms with Crippen LogP contribution in [0.1, 0.15) is 26.3 Å². The standard InChI is InChI=1S/C18H19ClN2O3/c1-18(2,3)12-6-4-5-7-13(12)20-16(23)17(24)21-14-10-11(19)8-9-15(14)22/h4-10,22H,1-3H3,(H,20,23)(H,21,24). The third kappa shape index (κ3) is 4.26. The molecule has 0 saturated heterocycles. The van der Waals surface area contributed by atoms with Gasteiger partial charge in [-0.2, -0.15) is 0 Å². The van der Waals surface area contributed by atoms with Crippen LogP contribution in [0.5, 0.6) is 5.75 Å². The molecule has 126 valence electrons. The number of carbonyl (C=O) groups excluding carboxylic acids is 2. The summed E-state index contributed by atoms with van der Waals surface area (Å²) in [6.07, 6.45) is 0. The van der Waals surface area contributed by atoms with Crippen molar-refractivity contribution in [2.24, 2.45) is 0 Å². The van der Waals surface area contributed by atoms with Gasteiger partial charge in [-0.25, -0.2) is 0 Å². The van der Waals surface area contributed by atoms with Gasteiger partial charge in [-0.3, -0.25) is 9.59 Å². The molecule has 0 atom stereocenters. The van der Waals surface area contributed by atoms with Gasteiger partial charge in [0.25, 0.3) is 0 Å². The zero-order valence-corrected chi connectivity index (χ0v) is 14.4. The van der Waals surface area contributed by atoms with Crippen molar-refractivity contribution in [1.29, 1.82) is 0 Å². The average Bonchev–Trinajstić information content (AvgIpc) is 2.50. The van der Waals surface area contributed by atoms with E-state index in [9.17, 15) is 14.7 Å². The zero-order valence-electron chi connectivity index (χ0n) is 13.7. The number of aromatic hydroxyl groups is 1. The Labute approximate surface area is 145 Å². The van der Waals surface area contributed by atoms with Crippen LogP contribution in [0.3, 0.4) is 0 Å². The van der Waals surface area contributed by atoms with Crippen molar-refractivity contribution in [3.63, 3.8) is 0 Å². The van der Waals surface area contributed by atoms with Crippen LogP contribution in [0.4, 0.5) is 11.4 Å². The van der Waals surface area contributed by atoms with E-state index in [0.29, 0.717) is 10.7 Å². The molecule has 0 spiro atoms. The summed E-state index contributed by atoms with van der Waals surface area (Å²) in [4.78, 5) is 24.2. The number of rotatable bonds is 2. The number of halogens is 1. The maximum Gasteiger partial charge on any atom is 0.314 e. The Bertz CT molecular complexity index is 782. The number of anilines is 2. The van der Waals surface area contributed by atoms with E-state index in [0.717, 1.165) is 5.56 Å². The molecule has 0 radical (unpaired) electrons. The fraction of sp³-hybridized carbons (Fsp3) is 0.222. The highest BCUT2D eigenvalue weighted by molar-refractivity contribution is 6.44. The quantitative estimate of drug-likeness (QED) is 0.569. The lowest BCUT2D eigenvalue weighted by molar-refractivity contribution is -0.133. The Balaban J connectivity index is 2.16. The average molecular weight is 347 g/mol. The van der Waals surface area contributed by atoms with E-state index in [1.54, 1.807) is 12.1 Å². The summed E-state index contributed by atoms with van der Waals surface area (Å²) in [6, 6.07) is 11.5. The first-order valence-corrected chi connectivity index (χ1v) is 7.76. The first-order chi connectivity index (χ1) is 11.2. The smallest absolute Gasteiger partial charge is 0.314 e. The van der Waals surface area contributed by atoms with Crippen molar-refractivity contribution in [2.75, 3.05) is 10.6 Å². The molecule has 2 amide bonds. The molecule has 2 aromatic carbocycles. The number of nitrogens with one attached hydrogen (secondary N) is 2. The van der Waals surface area contributed by atoms with Crippen LogP contribution in [-0.4, -0.2) is 16.9 Å². The van der Waals surface area contributed by atoms with Gasteiger partial charge in [-0.05, 0) is 35.2 Å². The van der Waals surface area contributed by atoms with Crippen molar-refractivity contribution < 1.29 is 14.7 Å². The van der Waals surface area contributed by atoms with Gasteiger partial charge < -0.3 is 15.7 Å². The van der Waals surface area contributed by atoms with Gasteiger partial charge in [0, 0.05) is 10.7 Å². The molecule has 2 aromatic rings. The molecule has 2 rings (SSSR count). The van der Waals surface area contributed by atoms with Crippen molar-refractivity contribution in [1.82, 2.24) is 0 Å². The number of benzene rings is 2. The first-order valence-electron chi connectivity index (χ1n) is 7.39. The lowest BCUT2D eigenvalue weighted by Crippen LogP contribution is -2.30. The minimum absolute atomic E-state index is 0.0757. The lowest BCUT2D eigenvalue weighted by atomic mass is 9.86. The van der Waals surface area contributed by atoms with E-state index < -0.39 is 11.8 Å². The Hall–Kier alpha value is -2.53. The summed E-state index contributed by atoms with van der Waals surface area (Å²) >= 11 is 5.82. The highest BCUT2D eigenvalue weighted by Gasteiger charge is 2.21. The second-order valence-corrected chi connectivity index (χ2v) is 6.80. The van der Waals surface area contributed by atoms with Gasteiger partial charge in [-0.15, -0.1) is 0 Å². The van der Waals surface area contributed by atoms with Crippen LogP contribution < -0.4 is 10.6 Å². The summed E-state index contributed by atoms with van der Waals surface area (Å²) in [5.74, 6) is -1.89. The number of hydrogen-bond acceptors (Lipinski definition) is 3. The SMILES string of the molecule is CC(C)(C)c1ccccc1NC(=O)C(=O)Nc1cc(Cl)ccc1O. The number of phenols is 1. The van der Waals surface area contributed by atoms with Crippen molar-refractivity contribution in [3.05, 3.63) is 53.1 Å². The third-order valence-electron chi connectivity index (χ3n) is 3.40. The minimum Gasteiger partial charge on any atom is -0.506 e. The van der Waals surface area contributed by atoms with Crippen molar-refractivity contribution in [3.8, 4) is 5.75 Å². The van der Waals surface area contributed by atoms with Crippen LogP contribution in [0, 0.1) is 0 Å². The lowest BCUT2D eigenvalue weighted by Gasteiger charge is -2.22. The first kappa shape index (κ1) is 17.8. The Morgan fingerprint density at radius 1 is 0.958 bits per heavy atom. The molecule has 6 heteroatoms. The molecule has 0 fully saturated rings.